The minimum Gasteiger partial charge on any atom is -0.456 e. The number of ether oxygens (including phenoxy) is 1. The molecule has 0 aliphatic rings. The van der Waals surface area contributed by atoms with Crippen LogP contribution in [0.2, 0.25) is 0 Å². The molecule has 0 aliphatic carbocycles. The van der Waals surface area contributed by atoms with Gasteiger partial charge in [0, 0.05) is 21.3 Å². The van der Waals surface area contributed by atoms with Crippen molar-refractivity contribution in [3.8, 4) is 11.1 Å². The van der Waals surface area contributed by atoms with Gasteiger partial charge in [0.2, 0.25) is 5.91 Å². The topological polar surface area (TPSA) is 55.4 Å². The molecule has 0 spiro atoms. The average Bonchev–Trinajstić information content (AvgIpc) is 3.11. The van der Waals surface area contributed by atoms with E-state index in [1.54, 1.807) is 0 Å². The standard InChI is InChI=1S/C25H26BrNO3S/c1-16(14-17-8-6-5-7-9-17)22(28)27-23-21(24(29)30-25(2,3)4)20(15-31-23)18-10-12-19(26)13-11-18/h5-13,15-16H,14H2,1-4H3,(H,27,28). The summed E-state index contributed by atoms with van der Waals surface area (Å²) in [5.41, 5.74) is 2.48. The molecule has 162 valence electrons. The molecular weight excluding hydrogens is 474 g/mol. The van der Waals surface area contributed by atoms with Crippen LogP contribution in [0.15, 0.2) is 64.5 Å². The molecule has 1 heterocycles. The van der Waals surface area contributed by atoms with Gasteiger partial charge in [-0.15, -0.1) is 11.3 Å². The minimum atomic E-state index is -0.641. The van der Waals surface area contributed by atoms with Gasteiger partial charge in [0.05, 0.1) is 0 Å². The number of hydrogen-bond acceptors (Lipinski definition) is 4. The first-order valence-corrected chi connectivity index (χ1v) is 11.8. The molecule has 0 fully saturated rings. The Morgan fingerprint density at radius 2 is 1.71 bits per heavy atom. The van der Waals surface area contributed by atoms with Gasteiger partial charge < -0.3 is 10.1 Å². The Kier molecular flexibility index (Phi) is 7.34. The largest absolute Gasteiger partial charge is 0.456 e. The van der Waals surface area contributed by atoms with Gasteiger partial charge in [-0.1, -0.05) is 65.3 Å². The van der Waals surface area contributed by atoms with E-state index in [1.807, 2.05) is 87.7 Å². The van der Waals surface area contributed by atoms with E-state index in [-0.39, 0.29) is 11.8 Å². The van der Waals surface area contributed by atoms with E-state index >= 15 is 0 Å². The highest BCUT2D eigenvalue weighted by atomic mass is 79.9. The molecule has 3 aromatic rings. The lowest BCUT2D eigenvalue weighted by Crippen LogP contribution is -2.26. The number of carbonyl (C=O) groups excluding carboxylic acids is 2. The van der Waals surface area contributed by atoms with Gasteiger partial charge in [0.25, 0.3) is 0 Å². The number of benzene rings is 2. The van der Waals surface area contributed by atoms with E-state index in [9.17, 15) is 9.59 Å². The smallest absolute Gasteiger partial charge is 0.342 e. The maximum Gasteiger partial charge on any atom is 0.342 e. The van der Waals surface area contributed by atoms with Crippen molar-refractivity contribution in [2.45, 2.75) is 39.7 Å². The Hall–Kier alpha value is -2.44. The monoisotopic (exact) mass is 499 g/mol. The Balaban J connectivity index is 1.89. The third-order valence-corrected chi connectivity index (χ3v) is 6.04. The summed E-state index contributed by atoms with van der Waals surface area (Å²) in [6, 6.07) is 17.6. The van der Waals surface area contributed by atoms with Crippen LogP contribution < -0.4 is 5.32 Å². The second kappa shape index (κ2) is 9.79. The molecule has 31 heavy (non-hydrogen) atoms. The molecule has 1 atom stereocenters. The number of halogens is 1. The van der Waals surface area contributed by atoms with Gasteiger partial charge in [-0.2, -0.15) is 0 Å². The van der Waals surface area contributed by atoms with E-state index in [2.05, 4.69) is 21.2 Å². The van der Waals surface area contributed by atoms with Crippen LogP contribution in [0.1, 0.15) is 43.6 Å². The maximum absolute atomic E-state index is 13.1. The van der Waals surface area contributed by atoms with Crippen molar-refractivity contribution >= 4 is 44.1 Å². The summed E-state index contributed by atoms with van der Waals surface area (Å²) in [6.07, 6.45) is 0.624. The maximum atomic E-state index is 13.1. The fourth-order valence-electron chi connectivity index (χ4n) is 3.12. The Bertz CT molecular complexity index is 1050. The zero-order valence-corrected chi connectivity index (χ0v) is 20.5. The third-order valence-electron chi connectivity index (χ3n) is 4.62. The minimum absolute atomic E-state index is 0.127. The number of nitrogens with one attached hydrogen (secondary N) is 1. The normalized spacial score (nSPS) is 12.3. The van der Waals surface area contributed by atoms with E-state index < -0.39 is 11.6 Å². The first-order chi connectivity index (χ1) is 14.6. The highest BCUT2D eigenvalue weighted by Gasteiger charge is 2.27. The number of anilines is 1. The quantitative estimate of drug-likeness (QED) is 0.373. The van der Waals surface area contributed by atoms with Crippen molar-refractivity contribution in [3.63, 3.8) is 0 Å². The first-order valence-electron chi connectivity index (χ1n) is 10.1. The van der Waals surface area contributed by atoms with Gasteiger partial charge in [0.15, 0.2) is 0 Å². The molecule has 2 aromatic carbocycles. The summed E-state index contributed by atoms with van der Waals surface area (Å²) in [4.78, 5) is 26.0. The summed E-state index contributed by atoms with van der Waals surface area (Å²) in [7, 11) is 0. The lowest BCUT2D eigenvalue weighted by atomic mass is 10.00. The van der Waals surface area contributed by atoms with Crippen molar-refractivity contribution in [2.75, 3.05) is 5.32 Å². The second-order valence-electron chi connectivity index (χ2n) is 8.44. The number of thiophene rings is 1. The fraction of sp³-hybridized carbons (Fsp3) is 0.280. The van der Waals surface area contributed by atoms with Gasteiger partial charge in [-0.3, -0.25) is 4.79 Å². The van der Waals surface area contributed by atoms with Gasteiger partial charge in [0.1, 0.15) is 16.2 Å². The van der Waals surface area contributed by atoms with Crippen molar-refractivity contribution in [1.29, 1.82) is 0 Å². The number of hydrogen-bond donors (Lipinski definition) is 1. The molecule has 0 bridgehead atoms. The van der Waals surface area contributed by atoms with Gasteiger partial charge in [-0.05, 0) is 50.5 Å². The molecule has 3 rings (SSSR count). The second-order valence-corrected chi connectivity index (χ2v) is 10.2. The van der Waals surface area contributed by atoms with E-state index in [0.717, 1.165) is 21.2 Å². The molecule has 1 amide bonds. The Morgan fingerprint density at radius 3 is 2.32 bits per heavy atom. The molecule has 1 aromatic heterocycles. The van der Waals surface area contributed by atoms with Crippen LogP contribution in [-0.2, 0) is 16.0 Å². The molecular formula is C25H26BrNO3S. The number of esters is 1. The molecule has 0 radical (unpaired) electrons. The predicted molar refractivity (Wildman–Crippen MR) is 131 cm³/mol. The van der Waals surface area contributed by atoms with Crippen molar-refractivity contribution in [1.82, 2.24) is 0 Å². The fourth-order valence-corrected chi connectivity index (χ4v) is 4.34. The lowest BCUT2D eigenvalue weighted by Gasteiger charge is -2.20. The van der Waals surface area contributed by atoms with Crippen LogP contribution >= 0.6 is 27.3 Å². The summed E-state index contributed by atoms with van der Waals surface area (Å²) in [5, 5.41) is 5.37. The number of amides is 1. The average molecular weight is 500 g/mol. The Labute approximate surface area is 195 Å². The zero-order valence-electron chi connectivity index (χ0n) is 18.1. The molecule has 0 saturated carbocycles. The summed E-state index contributed by atoms with van der Waals surface area (Å²) >= 11 is 4.78. The van der Waals surface area contributed by atoms with Crippen LogP contribution in [0.5, 0.6) is 0 Å². The van der Waals surface area contributed by atoms with Crippen LogP contribution in [0.4, 0.5) is 5.00 Å². The van der Waals surface area contributed by atoms with E-state index in [0.29, 0.717) is 17.0 Å². The van der Waals surface area contributed by atoms with Crippen LogP contribution in [-0.4, -0.2) is 17.5 Å². The van der Waals surface area contributed by atoms with Crippen molar-refractivity contribution in [3.05, 3.63) is 75.6 Å². The van der Waals surface area contributed by atoms with Crippen LogP contribution in [0.25, 0.3) is 11.1 Å². The highest BCUT2D eigenvalue weighted by molar-refractivity contribution is 9.10. The summed E-state index contributed by atoms with van der Waals surface area (Å²) < 4.78 is 6.61. The third kappa shape index (κ3) is 6.28. The van der Waals surface area contributed by atoms with Crippen molar-refractivity contribution < 1.29 is 14.3 Å². The van der Waals surface area contributed by atoms with Crippen LogP contribution in [0, 0.1) is 5.92 Å². The highest BCUT2D eigenvalue weighted by Crippen LogP contribution is 2.37. The van der Waals surface area contributed by atoms with E-state index in [4.69, 9.17) is 4.74 Å². The molecule has 1 N–H and O–H groups in total. The van der Waals surface area contributed by atoms with E-state index in [1.165, 1.54) is 11.3 Å². The SMILES string of the molecule is CC(Cc1ccccc1)C(=O)Nc1scc(-c2ccc(Br)cc2)c1C(=O)OC(C)(C)C. The molecule has 0 aliphatic heterocycles. The van der Waals surface area contributed by atoms with Gasteiger partial charge in [-0.25, -0.2) is 4.79 Å². The lowest BCUT2D eigenvalue weighted by molar-refractivity contribution is -0.119. The molecule has 4 nitrogen and oxygen atoms in total. The number of carbonyl (C=O) groups is 2. The molecule has 0 saturated heterocycles. The van der Waals surface area contributed by atoms with Crippen LogP contribution in [0.3, 0.4) is 0 Å². The molecule has 1 unspecified atom stereocenters. The summed E-state index contributed by atoms with van der Waals surface area (Å²) in [6.45, 7) is 7.38. The number of rotatable bonds is 6. The predicted octanol–water partition coefficient (Wildman–Crippen LogP) is 6.95. The Morgan fingerprint density at radius 1 is 1.06 bits per heavy atom. The zero-order chi connectivity index (χ0) is 22.6. The van der Waals surface area contributed by atoms with Gasteiger partial charge >= 0.3 is 5.97 Å². The summed E-state index contributed by atoms with van der Waals surface area (Å²) in [5.74, 6) is -0.817. The first kappa shape index (κ1) is 23.2. The van der Waals surface area contributed by atoms with Crippen molar-refractivity contribution in [2.24, 2.45) is 5.92 Å². The molecule has 6 heteroatoms.